The highest BCUT2D eigenvalue weighted by molar-refractivity contribution is 5.95. The summed E-state index contributed by atoms with van der Waals surface area (Å²) in [5.74, 6) is 0.0315. The third-order valence-electron chi connectivity index (χ3n) is 3.11. The average Bonchev–Trinajstić information content (AvgIpc) is 2.40. The van der Waals surface area contributed by atoms with Crippen LogP contribution in [0.5, 0.6) is 5.75 Å². The summed E-state index contributed by atoms with van der Waals surface area (Å²) in [7, 11) is 0. The normalized spacial score (nSPS) is 19.6. The molecule has 1 heterocycles. The van der Waals surface area contributed by atoms with Crippen LogP contribution in [0.4, 0.5) is 5.69 Å². The second-order valence-electron chi connectivity index (χ2n) is 4.46. The van der Waals surface area contributed by atoms with Gasteiger partial charge in [-0.3, -0.25) is 4.79 Å². The number of ether oxygens (including phenoxy) is 1. The van der Waals surface area contributed by atoms with Crippen LogP contribution in [-0.4, -0.2) is 36.8 Å². The van der Waals surface area contributed by atoms with Crippen molar-refractivity contribution in [3.63, 3.8) is 0 Å². The Balaban J connectivity index is 2.09. The van der Waals surface area contributed by atoms with Crippen LogP contribution in [0.2, 0.25) is 0 Å². The van der Waals surface area contributed by atoms with E-state index in [2.05, 4.69) is 10.6 Å². The van der Waals surface area contributed by atoms with Gasteiger partial charge in [-0.25, -0.2) is 0 Å². The van der Waals surface area contributed by atoms with Crippen molar-refractivity contribution in [2.75, 3.05) is 25.0 Å². The Morgan fingerprint density at radius 1 is 1.50 bits per heavy atom. The lowest BCUT2D eigenvalue weighted by Crippen LogP contribution is -2.45. The second-order valence-corrected chi connectivity index (χ2v) is 4.46. The van der Waals surface area contributed by atoms with Crippen LogP contribution in [-0.2, 0) is 9.53 Å². The Morgan fingerprint density at radius 2 is 2.28 bits per heavy atom. The van der Waals surface area contributed by atoms with Gasteiger partial charge in [0.1, 0.15) is 11.9 Å². The Labute approximate surface area is 106 Å². The summed E-state index contributed by atoms with van der Waals surface area (Å²) in [5, 5.41) is 15.7. The van der Waals surface area contributed by atoms with E-state index in [1.165, 1.54) is 0 Å². The molecule has 1 fully saturated rings. The van der Waals surface area contributed by atoms with E-state index in [-0.39, 0.29) is 11.7 Å². The first kappa shape index (κ1) is 12.9. The maximum Gasteiger partial charge on any atom is 0.254 e. The van der Waals surface area contributed by atoms with E-state index in [0.717, 1.165) is 12.1 Å². The van der Waals surface area contributed by atoms with Crippen LogP contribution in [0.1, 0.15) is 11.1 Å². The number of aromatic hydroxyl groups is 1. The van der Waals surface area contributed by atoms with Crippen molar-refractivity contribution in [1.82, 2.24) is 5.32 Å². The van der Waals surface area contributed by atoms with E-state index >= 15 is 0 Å². The first-order chi connectivity index (χ1) is 8.59. The van der Waals surface area contributed by atoms with E-state index < -0.39 is 6.10 Å². The predicted octanol–water partition coefficient (Wildman–Crippen LogP) is 0.936. The maximum atomic E-state index is 12.0. The standard InChI is InChI=1S/C13H18N2O3/c1-8-3-4-10(9(2)12(8)16)15-13(17)11-7-14-5-6-18-11/h3-4,11,14,16H,5-7H2,1-2H3,(H,15,17). The van der Waals surface area contributed by atoms with E-state index in [9.17, 15) is 9.90 Å². The SMILES string of the molecule is Cc1ccc(NC(=O)C2CNCCO2)c(C)c1O. The zero-order valence-corrected chi connectivity index (χ0v) is 10.6. The predicted molar refractivity (Wildman–Crippen MR) is 68.8 cm³/mol. The molecule has 5 heteroatoms. The molecule has 1 atom stereocenters. The van der Waals surface area contributed by atoms with Gasteiger partial charge in [0.15, 0.2) is 0 Å². The topological polar surface area (TPSA) is 70.6 Å². The van der Waals surface area contributed by atoms with Gasteiger partial charge in [0.2, 0.25) is 0 Å². The first-order valence-electron chi connectivity index (χ1n) is 6.02. The lowest BCUT2D eigenvalue weighted by molar-refractivity contribution is -0.128. The Morgan fingerprint density at radius 3 is 2.94 bits per heavy atom. The largest absolute Gasteiger partial charge is 0.507 e. The van der Waals surface area contributed by atoms with Crippen LogP contribution in [0.15, 0.2) is 12.1 Å². The molecule has 3 N–H and O–H groups in total. The lowest BCUT2D eigenvalue weighted by atomic mass is 10.1. The molecular formula is C13H18N2O3. The minimum absolute atomic E-state index is 0.187. The molecule has 1 aliphatic heterocycles. The fourth-order valence-corrected chi connectivity index (χ4v) is 1.92. The molecule has 0 spiro atoms. The third-order valence-corrected chi connectivity index (χ3v) is 3.11. The van der Waals surface area contributed by atoms with Gasteiger partial charge >= 0.3 is 0 Å². The average molecular weight is 250 g/mol. The molecule has 5 nitrogen and oxygen atoms in total. The van der Waals surface area contributed by atoms with Crippen molar-refractivity contribution >= 4 is 11.6 Å². The Bertz CT molecular complexity index is 454. The van der Waals surface area contributed by atoms with Crippen molar-refractivity contribution in [3.8, 4) is 5.75 Å². The van der Waals surface area contributed by atoms with Crippen molar-refractivity contribution in [2.24, 2.45) is 0 Å². The molecule has 0 saturated carbocycles. The summed E-state index contributed by atoms with van der Waals surface area (Å²) in [6, 6.07) is 3.57. The molecule has 1 aromatic rings. The van der Waals surface area contributed by atoms with Crippen LogP contribution in [0, 0.1) is 13.8 Å². The molecule has 0 radical (unpaired) electrons. The number of morpholine rings is 1. The highest BCUT2D eigenvalue weighted by Crippen LogP contribution is 2.28. The van der Waals surface area contributed by atoms with Gasteiger partial charge in [-0.05, 0) is 25.5 Å². The zero-order chi connectivity index (χ0) is 13.1. The minimum Gasteiger partial charge on any atom is -0.507 e. The van der Waals surface area contributed by atoms with E-state index in [1.54, 1.807) is 19.1 Å². The number of carbonyl (C=O) groups excluding carboxylic acids is 1. The van der Waals surface area contributed by atoms with Gasteiger partial charge in [-0.15, -0.1) is 0 Å². The van der Waals surface area contributed by atoms with Crippen LogP contribution in [0.3, 0.4) is 0 Å². The summed E-state index contributed by atoms with van der Waals surface area (Å²) in [6.45, 7) is 5.42. The van der Waals surface area contributed by atoms with E-state index in [4.69, 9.17) is 4.74 Å². The fourth-order valence-electron chi connectivity index (χ4n) is 1.92. The van der Waals surface area contributed by atoms with Gasteiger partial charge in [-0.1, -0.05) is 6.07 Å². The number of amides is 1. The first-order valence-corrected chi connectivity index (χ1v) is 6.02. The third kappa shape index (κ3) is 2.63. The van der Waals surface area contributed by atoms with Crippen LogP contribution < -0.4 is 10.6 Å². The van der Waals surface area contributed by atoms with Gasteiger partial charge in [0.05, 0.1) is 6.61 Å². The summed E-state index contributed by atoms with van der Waals surface area (Å²) in [4.78, 5) is 12.0. The molecule has 2 rings (SSSR count). The van der Waals surface area contributed by atoms with Crippen LogP contribution >= 0.6 is 0 Å². The Kier molecular flexibility index (Phi) is 3.84. The van der Waals surface area contributed by atoms with Crippen molar-refractivity contribution < 1.29 is 14.6 Å². The highest BCUT2D eigenvalue weighted by Gasteiger charge is 2.22. The Hall–Kier alpha value is -1.59. The number of nitrogens with one attached hydrogen (secondary N) is 2. The number of rotatable bonds is 2. The number of hydrogen-bond acceptors (Lipinski definition) is 4. The number of benzene rings is 1. The van der Waals surface area contributed by atoms with E-state index in [1.807, 2.05) is 6.92 Å². The quantitative estimate of drug-likeness (QED) is 0.730. The molecule has 18 heavy (non-hydrogen) atoms. The van der Waals surface area contributed by atoms with E-state index in [0.29, 0.717) is 24.4 Å². The number of hydrogen-bond donors (Lipinski definition) is 3. The molecular weight excluding hydrogens is 232 g/mol. The van der Waals surface area contributed by atoms with Crippen LogP contribution in [0.25, 0.3) is 0 Å². The molecule has 0 aliphatic carbocycles. The minimum atomic E-state index is -0.471. The molecule has 1 aromatic carbocycles. The molecule has 98 valence electrons. The molecule has 0 bridgehead atoms. The van der Waals surface area contributed by atoms with Gasteiger partial charge in [-0.2, -0.15) is 0 Å². The zero-order valence-electron chi connectivity index (χ0n) is 10.6. The summed E-state index contributed by atoms with van der Waals surface area (Å²) in [5.41, 5.74) is 2.09. The second kappa shape index (κ2) is 5.37. The maximum absolute atomic E-state index is 12.0. The molecule has 0 aromatic heterocycles. The molecule has 1 unspecified atom stereocenters. The number of carbonyl (C=O) groups is 1. The molecule has 1 saturated heterocycles. The fraction of sp³-hybridized carbons (Fsp3) is 0.462. The molecule has 1 amide bonds. The van der Waals surface area contributed by atoms with Crippen molar-refractivity contribution in [2.45, 2.75) is 20.0 Å². The van der Waals surface area contributed by atoms with Gasteiger partial charge in [0, 0.05) is 24.3 Å². The van der Waals surface area contributed by atoms with Gasteiger partial charge < -0.3 is 20.5 Å². The van der Waals surface area contributed by atoms with Gasteiger partial charge in [0.25, 0.3) is 5.91 Å². The lowest BCUT2D eigenvalue weighted by Gasteiger charge is -2.23. The summed E-state index contributed by atoms with van der Waals surface area (Å²) in [6.07, 6.45) is -0.471. The molecule has 1 aliphatic rings. The smallest absolute Gasteiger partial charge is 0.254 e. The number of phenolic OH excluding ortho intramolecular Hbond substituents is 1. The van der Waals surface area contributed by atoms with Crippen molar-refractivity contribution in [3.05, 3.63) is 23.3 Å². The highest BCUT2D eigenvalue weighted by atomic mass is 16.5. The number of aryl methyl sites for hydroxylation is 1. The monoisotopic (exact) mass is 250 g/mol. The summed E-state index contributed by atoms with van der Waals surface area (Å²) < 4.78 is 5.37. The summed E-state index contributed by atoms with van der Waals surface area (Å²) >= 11 is 0. The van der Waals surface area contributed by atoms with Crippen molar-refractivity contribution in [1.29, 1.82) is 0 Å². The number of anilines is 1. The number of phenols is 1.